The molecule has 140 valence electrons. The molecule has 0 atom stereocenters. The van der Waals surface area contributed by atoms with Gasteiger partial charge in [0, 0.05) is 18.3 Å². The Hall–Kier alpha value is -2.58. The third-order valence-electron chi connectivity index (χ3n) is 3.69. The molecular weight excluding hydrogens is 386 g/mol. The molecule has 1 aromatic carbocycles. The Morgan fingerprint density at radius 2 is 2.15 bits per heavy atom. The van der Waals surface area contributed by atoms with Crippen LogP contribution in [0.2, 0.25) is 5.02 Å². The first kappa shape index (κ1) is 19.2. The van der Waals surface area contributed by atoms with Crippen LogP contribution in [-0.4, -0.2) is 38.5 Å². The van der Waals surface area contributed by atoms with Crippen molar-refractivity contribution in [2.24, 2.45) is 0 Å². The van der Waals surface area contributed by atoms with Crippen molar-refractivity contribution < 1.29 is 9.53 Å². The molecule has 0 aliphatic rings. The Kier molecular flexibility index (Phi) is 6.31. The Balaban J connectivity index is 1.69. The standard InChI is InChI=1S/C18H18ClN5O2S/c1-3-24-17(12-5-4-6-14(9-12)26-2)22-23-18(24)27-11-16(25)21-15-8-7-13(19)10-20-15/h4-10H,3,11H2,1-2H3,(H,20,21,25). The predicted molar refractivity (Wildman–Crippen MR) is 106 cm³/mol. The van der Waals surface area contributed by atoms with Crippen molar-refractivity contribution in [1.82, 2.24) is 19.7 Å². The molecular formula is C18H18ClN5O2S. The number of carbonyl (C=O) groups excluding carboxylic acids is 1. The Morgan fingerprint density at radius 3 is 2.85 bits per heavy atom. The fraction of sp³-hybridized carbons (Fsp3) is 0.222. The molecule has 0 spiro atoms. The zero-order valence-corrected chi connectivity index (χ0v) is 16.4. The van der Waals surface area contributed by atoms with Crippen molar-refractivity contribution in [3.8, 4) is 17.1 Å². The summed E-state index contributed by atoms with van der Waals surface area (Å²) in [5.41, 5.74) is 0.908. The minimum absolute atomic E-state index is 0.177. The maximum absolute atomic E-state index is 12.2. The molecule has 0 fully saturated rings. The van der Waals surface area contributed by atoms with Gasteiger partial charge in [0.2, 0.25) is 5.91 Å². The van der Waals surface area contributed by atoms with Crippen LogP contribution in [0.3, 0.4) is 0 Å². The summed E-state index contributed by atoms with van der Waals surface area (Å²) in [6.07, 6.45) is 1.48. The number of rotatable bonds is 7. The van der Waals surface area contributed by atoms with Gasteiger partial charge in [-0.2, -0.15) is 0 Å². The van der Waals surface area contributed by atoms with E-state index in [9.17, 15) is 4.79 Å². The first-order valence-electron chi connectivity index (χ1n) is 8.22. The minimum Gasteiger partial charge on any atom is -0.497 e. The molecule has 3 rings (SSSR count). The van der Waals surface area contributed by atoms with Gasteiger partial charge in [0.1, 0.15) is 11.6 Å². The molecule has 0 saturated carbocycles. The van der Waals surface area contributed by atoms with Gasteiger partial charge < -0.3 is 14.6 Å². The van der Waals surface area contributed by atoms with E-state index in [0.29, 0.717) is 22.5 Å². The van der Waals surface area contributed by atoms with E-state index in [1.165, 1.54) is 18.0 Å². The van der Waals surface area contributed by atoms with Crippen molar-refractivity contribution >= 4 is 35.1 Å². The van der Waals surface area contributed by atoms with Crippen LogP contribution in [0.5, 0.6) is 5.75 Å². The van der Waals surface area contributed by atoms with E-state index in [-0.39, 0.29) is 11.7 Å². The van der Waals surface area contributed by atoms with Crippen LogP contribution in [0.25, 0.3) is 11.4 Å². The van der Waals surface area contributed by atoms with Gasteiger partial charge >= 0.3 is 0 Å². The lowest BCUT2D eigenvalue weighted by Gasteiger charge is -2.08. The Morgan fingerprint density at radius 1 is 1.30 bits per heavy atom. The van der Waals surface area contributed by atoms with Crippen molar-refractivity contribution in [2.45, 2.75) is 18.6 Å². The molecule has 27 heavy (non-hydrogen) atoms. The molecule has 0 radical (unpaired) electrons. The Labute approximate surface area is 166 Å². The van der Waals surface area contributed by atoms with E-state index in [4.69, 9.17) is 16.3 Å². The maximum atomic E-state index is 12.2. The van der Waals surface area contributed by atoms with Gasteiger partial charge in [-0.05, 0) is 31.2 Å². The number of anilines is 1. The number of methoxy groups -OCH3 is 1. The second-order valence-electron chi connectivity index (χ2n) is 5.48. The van der Waals surface area contributed by atoms with E-state index >= 15 is 0 Å². The lowest BCUT2D eigenvalue weighted by Crippen LogP contribution is -2.15. The van der Waals surface area contributed by atoms with Crippen LogP contribution >= 0.6 is 23.4 Å². The number of pyridine rings is 1. The largest absolute Gasteiger partial charge is 0.497 e. The summed E-state index contributed by atoms with van der Waals surface area (Å²) < 4.78 is 7.24. The number of nitrogens with zero attached hydrogens (tertiary/aromatic N) is 4. The number of hydrogen-bond acceptors (Lipinski definition) is 6. The molecule has 0 saturated heterocycles. The first-order chi connectivity index (χ1) is 13.1. The molecule has 0 bridgehead atoms. The predicted octanol–water partition coefficient (Wildman–Crippen LogP) is 3.75. The number of hydrogen-bond donors (Lipinski definition) is 1. The van der Waals surface area contributed by atoms with Crippen LogP contribution in [0.4, 0.5) is 5.82 Å². The van der Waals surface area contributed by atoms with Crippen LogP contribution in [0, 0.1) is 0 Å². The molecule has 9 heteroatoms. The summed E-state index contributed by atoms with van der Waals surface area (Å²) in [5, 5.41) is 12.4. The summed E-state index contributed by atoms with van der Waals surface area (Å²) in [4.78, 5) is 16.2. The quantitative estimate of drug-likeness (QED) is 0.605. The summed E-state index contributed by atoms with van der Waals surface area (Å²) >= 11 is 7.11. The molecule has 2 heterocycles. The second-order valence-corrected chi connectivity index (χ2v) is 6.86. The molecule has 2 aromatic heterocycles. The fourth-order valence-corrected chi connectivity index (χ4v) is 3.33. The van der Waals surface area contributed by atoms with Crippen LogP contribution in [-0.2, 0) is 11.3 Å². The SMILES string of the molecule is CCn1c(SCC(=O)Nc2ccc(Cl)cn2)nnc1-c1cccc(OC)c1. The molecule has 0 aliphatic carbocycles. The number of thioether (sulfide) groups is 1. The van der Waals surface area contributed by atoms with Crippen LogP contribution in [0.1, 0.15) is 6.92 Å². The lowest BCUT2D eigenvalue weighted by molar-refractivity contribution is -0.113. The van der Waals surface area contributed by atoms with E-state index < -0.39 is 0 Å². The summed E-state index contributed by atoms with van der Waals surface area (Å²) in [7, 11) is 1.62. The van der Waals surface area contributed by atoms with Crippen molar-refractivity contribution in [3.63, 3.8) is 0 Å². The smallest absolute Gasteiger partial charge is 0.236 e. The van der Waals surface area contributed by atoms with Gasteiger partial charge in [0.25, 0.3) is 0 Å². The first-order valence-corrected chi connectivity index (χ1v) is 9.59. The highest BCUT2D eigenvalue weighted by molar-refractivity contribution is 7.99. The zero-order valence-electron chi connectivity index (χ0n) is 14.8. The van der Waals surface area contributed by atoms with Crippen LogP contribution in [0.15, 0.2) is 47.8 Å². The van der Waals surface area contributed by atoms with E-state index in [2.05, 4.69) is 20.5 Å². The van der Waals surface area contributed by atoms with Gasteiger partial charge in [-0.25, -0.2) is 4.98 Å². The number of benzene rings is 1. The van der Waals surface area contributed by atoms with Crippen molar-refractivity contribution in [3.05, 3.63) is 47.6 Å². The molecule has 1 amide bonds. The van der Waals surface area contributed by atoms with Crippen LogP contribution < -0.4 is 10.1 Å². The normalized spacial score (nSPS) is 10.6. The number of carbonyl (C=O) groups is 1. The number of nitrogens with one attached hydrogen (secondary N) is 1. The highest BCUT2D eigenvalue weighted by atomic mass is 35.5. The third kappa shape index (κ3) is 4.78. The minimum atomic E-state index is -0.177. The van der Waals surface area contributed by atoms with E-state index in [1.54, 1.807) is 19.2 Å². The highest BCUT2D eigenvalue weighted by Gasteiger charge is 2.15. The number of aromatic nitrogens is 4. The lowest BCUT2D eigenvalue weighted by atomic mass is 10.2. The fourth-order valence-electron chi connectivity index (χ4n) is 2.42. The van der Waals surface area contributed by atoms with Gasteiger partial charge in [0.05, 0.1) is 17.9 Å². The summed E-state index contributed by atoms with van der Waals surface area (Å²) in [6.45, 7) is 2.69. The zero-order chi connectivity index (χ0) is 19.2. The molecule has 3 aromatic rings. The highest BCUT2D eigenvalue weighted by Crippen LogP contribution is 2.26. The summed E-state index contributed by atoms with van der Waals surface area (Å²) in [6, 6.07) is 11.0. The van der Waals surface area contributed by atoms with E-state index in [0.717, 1.165) is 17.1 Å². The average molecular weight is 404 g/mol. The van der Waals surface area contributed by atoms with Gasteiger partial charge in [-0.3, -0.25) is 4.79 Å². The van der Waals surface area contributed by atoms with Gasteiger partial charge in [0.15, 0.2) is 11.0 Å². The third-order valence-corrected chi connectivity index (χ3v) is 4.88. The average Bonchev–Trinajstić information content (AvgIpc) is 3.11. The molecule has 0 aliphatic heterocycles. The van der Waals surface area contributed by atoms with Gasteiger partial charge in [-0.15, -0.1) is 10.2 Å². The number of halogens is 1. The molecule has 1 N–H and O–H groups in total. The number of amides is 1. The summed E-state index contributed by atoms with van der Waals surface area (Å²) in [5.74, 6) is 1.96. The van der Waals surface area contributed by atoms with Crippen molar-refractivity contribution in [1.29, 1.82) is 0 Å². The van der Waals surface area contributed by atoms with E-state index in [1.807, 2.05) is 35.8 Å². The molecule has 7 nitrogen and oxygen atoms in total. The second kappa shape index (κ2) is 8.88. The topological polar surface area (TPSA) is 81.9 Å². The number of ether oxygens (including phenoxy) is 1. The van der Waals surface area contributed by atoms with Crippen molar-refractivity contribution in [2.75, 3.05) is 18.2 Å². The van der Waals surface area contributed by atoms with Gasteiger partial charge in [-0.1, -0.05) is 35.5 Å². The monoisotopic (exact) mass is 403 g/mol. The maximum Gasteiger partial charge on any atom is 0.236 e. The molecule has 0 unspecified atom stereocenters. The Bertz CT molecular complexity index is 930.